The molecule has 1 amide bonds. The molecular formula is C54H108N2O11P+. The van der Waals surface area contributed by atoms with E-state index in [9.17, 15) is 34.7 Å². The van der Waals surface area contributed by atoms with Crippen molar-refractivity contribution < 1.29 is 57.7 Å². The van der Waals surface area contributed by atoms with Gasteiger partial charge in [0.15, 0.2) is 6.29 Å². The summed E-state index contributed by atoms with van der Waals surface area (Å²) in [6.45, 7) is 6.32. The molecule has 0 aromatic rings. The first-order valence-electron chi connectivity index (χ1n) is 27.9. The Morgan fingerprint density at radius 2 is 1.12 bits per heavy atom. The summed E-state index contributed by atoms with van der Waals surface area (Å²) in [5.41, 5.74) is 0. The number of unbranched alkanes of at least 4 members (excludes halogenated alkanes) is 29. The Hall–Kier alpha value is -0.960. The molecule has 0 radical (unpaired) electrons. The Kier molecular flexibility index (Phi) is 39.7. The zero-order chi connectivity index (χ0) is 50.3. The number of aliphatic hydroxyl groups excluding tert-OH is 4. The maximum absolute atomic E-state index is 13.2. The quantitative estimate of drug-likeness (QED) is 0.0148. The third-order valence-electron chi connectivity index (χ3n) is 13.3. The number of allylic oxidation sites excluding steroid dienone is 1. The zero-order valence-electron chi connectivity index (χ0n) is 44.5. The first kappa shape index (κ1) is 65.1. The second-order valence-electron chi connectivity index (χ2n) is 21.5. The van der Waals surface area contributed by atoms with Gasteiger partial charge in [-0.3, -0.25) is 13.8 Å². The molecule has 1 unspecified atom stereocenters. The number of rotatable bonds is 47. The van der Waals surface area contributed by atoms with Crippen LogP contribution >= 0.6 is 7.82 Å². The molecule has 1 heterocycles. The average Bonchev–Trinajstić information content (AvgIpc) is 3.28. The fraction of sp³-hybridized carbons (Fsp3) is 0.944. The van der Waals surface area contributed by atoms with E-state index in [0.717, 1.165) is 50.9 Å². The number of carbonyl (C=O) groups excluding carboxylic acids is 1. The first-order valence-corrected chi connectivity index (χ1v) is 29.4. The van der Waals surface area contributed by atoms with Crippen LogP contribution in [-0.2, 0) is 27.9 Å². The lowest BCUT2D eigenvalue weighted by Crippen LogP contribution is -2.60. The summed E-state index contributed by atoms with van der Waals surface area (Å²) >= 11 is 0. The minimum absolute atomic E-state index is 0.0548. The topological polar surface area (TPSA) is 184 Å². The second kappa shape index (κ2) is 41.5. The molecule has 14 heteroatoms. The highest BCUT2D eigenvalue weighted by Crippen LogP contribution is 2.43. The molecule has 1 rings (SSSR count). The number of phosphoric acid groups is 1. The van der Waals surface area contributed by atoms with Crippen LogP contribution in [0.5, 0.6) is 0 Å². The van der Waals surface area contributed by atoms with Gasteiger partial charge in [0, 0.05) is 6.42 Å². The Bertz CT molecular complexity index is 1250. The normalized spacial score (nSPS) is 20.9. The first-order chi connectivity index (χ1) is 32.6. The molecule has 8 atom stereocenters. The van der Waals surface area contributed by atoms with E-state index in [0.29, 0.717) is 17.4 Å². The number of likely N-dealkylation sites (N-methyl/N-ethyl adjacent to an activating group) is 1. The predicted octanol–water partition coefficient (Wildman–Crippen LogP) is 11.6. The average molecular weight is 992 g/mol. The number of carbonyl (C=O) groups is 1. The Morgan fingerprint density at radius 1 is 0.662 bits per heavy atom. The van der Waals surface area contributed by atoms with Crippen molar-refractivity contribution in [1.82, 2.24) is 5.32 Å². The molecule has 0 bridgehead atoms. The van der Waals surface area contributed by atoms with Crippen molar-refractivity contribution in [3.63, 3.8) is 0 Å². The van der Waals surface area contributed by atoms with Gasteiger partial charge in [0.1, 0.15) is 37.6 Å². The number of nitrogens with zero attached hydrogens (tertiary/aromatic N) is 1. The van der Waals surface area contributed by atoms with E-state index in [1.807, 2.05) is 27.2 Å². The smallest absolute Gasteiger partial charge is 0.387 e. The molecule has 0 aliphatic carbocycles. The van der Waals surface area contributed by atoms with Crippen LogP contribution in [-0.4, -0.2) is 126 Å². The monoisotopic (exact) mass is 992 g/mol. The third kappa shape index (κ3) is 36.9. The van der Waals surface area contributed by atoms with Crippen LogP contribution in [0.2, 0.25) is 0 Å². The van der Waals surface area contributed by atoms with E-state index >= 15 is 0 Å². The SMILES string of the molecule is CCCCCCCCCCCCCCCCCCCCCCCC(=O)N[C@@H](CO[C@@H]1O[C@H](COP(=O)(O)OCC[N+](C)(C)C)[C@H](O)[C@H](O)[C@H]1O)[C@H](O)/C=C/CCCCCCCCCCCC(C)C. The summed E-state index contributed by atoms with van der Waals surface area (Å²) in [6, 6.07) is -0.893. The summed E-state index contributed by atoms with van der Waals surface area (Å²) in [7, 11) is 1.19. The van der Waals surface area contributed by atoms with Crippen LogP contribution in [0.4, 0.5) is 0 Å². The molecule has 13 nitrogen and oxygen atoms in total. The van der Waals surface area contributed by atoms with E-state index in [1.54, 1.807) is 6.08 Å². The fourth-order valence-corrected chi connectivity index (χ4v) is 9.39. The predicted molar refractivity (Wildman–Crippen MR) is 277 cm³/mol. The van der Waals surface area contributed by atoms with Crippen molar-refractivity contribution >= 4 is 13.7 Å². The number of quaternary nitrogens is 1. The molecule has 0 aromatic carbocycles. The summed E-state index contributed by atoms with van der Waals surface area (Å²) in [5, 5.41) is 46.2. The van der Waals surface area contributed by atoms with E-state index in [1.165, 1.54) is 161 Å². The van der Waals surface area contributed by atoms with Gasteiger partial charge < -0.3 is 44.6 Å². The number of ether oxygens (including phenoxy) is 2. The van der Waals surface area contributed by atoms with E-state index < -0.39 is 57.3 Å². The number of amides is 1. The minimum atomic E-state index is -4.52. The lowest BCUT2D eigenvalue weighted by atomic mass is 9.99. The maximum atomic E-state index is 13.2. The van der Waals surface area contributed by atoms with Gasteiger partial charge in [0.05, 0.1) is 46.5 Å². The molecule has 1 aliphatic rings. The molecule has 1 aliphatic heterocycles. The van der Waals surface area contributed by atoms with Gasteiger partial charge in [-0.05, 0) is 25.2 Å². The number of nitrogens with one attached hydrogen (secondary N) is 1. The van der Waals surface area contributed by atoms with Crippen molar-refractivity contribution in [3.8, 4) is 0 Å². The number of hydrogen-bond acceptors (Lipinski definition) is 10. The van der Waals surface area contributed by atoms with Gasteiger partial charge in [0.2, 0.25) is 5.91 Å². The van der Waals surface area contributed by atoms with Gasteiger partial charge in [-0.1, -0.05) is 219 Å². The van der Waals surface area contributed by atoms with E-state index in [-0.39, 0.29) is 19.1 Å². The molecule has 6 N–H and O–H groups in total. The number of phosphoric ester groups is 1. The molecule has 1 saturated heterocycles. The van der Waals surface area contributed by atoms with Gasteiger partial charge in [-0.2, -0.15) is 0 Å². The maximum Gasteiger partial charge on any atom is 0.472 e. The second-order valence-corrected chi connectivity index (χ2v) is 23.0. The molecule has 0 spiro atoms. The van der Waals surface area contributed by atoms with Gasteiger partial charge >= 0.3 is 7.82 Å². The lowest BCUT2D eigenvalue weighted by molar-refractivity contribution is -0.870. The number of aliphatic hydroxyl groups is 4. The van der Waals surface area contributed by atoms with Crippen molar-refractivity contribution in [3.05, 3.63) is 12.2 Å². The highest BCUT2D eigenvalue weighted by Gasteiger charge is 2.45. The summed E-state index contributed by atoms with van der Waals surface area (Å²) in [6.07, 6.45) is 35.1. The van der Waals surface area contributed by atoms with Gasteiger partial charge in [-0.25, -0.2) is 4.57 Å². The standard InChI is InChI=1S/C54H107N2O11P/c1-7-8-9-10-11-12-13-14-15-16-17-18-19-20-21-22-26-29-32-35-38-41-50(58)55-47(48(57)40-37-34-31-28-25-23-24-27-30-33-36-39-46(2)3)44-64-54-53(61)52(60)51(59)49(67-54)45-66-68(62,63)65-43-42-56(4,5)6/h37,40,46-49,51-54,57,59-61H,7-36,38-39,41-45H2,1-6H3,(H-,55,58,62,63)/p+1/b40-37+/t47-,48+,49+,51-,52-,53+,54+/m0/s1. The van der Waals surface area contributed by atoms with Crippen LogP contribution < -0.4 is 5.32 Å². The van der Waals surface area contributed by atoms with E-state index in [4.69, 9.17) is 18.5 Å². The Morgan fingerprint density at radius 3 is 1.59 bits per heavy atom. The Balaban J connectivity index is 2.53. The highest BCUT2D eigenvalue weighted by molar-refractivity contribution is 7.47. The number of hydrogen-bond donors (Lipinski definition) is 6. The molecule has 0 saturated carbocycles. The fourth-order valence-electron chi connectivity index (χ4n) is 8.67. The summed E-state index contributed by atoms with van der Waals surface area (Å²) < 4.78 is 34.7. The van der Waals surface area contributed by atoms with Crippen molar-refractivity contribution in [2.45, 2.75) is 276 Å². The van der Waals surface area contributed by atoms with Crippen molar-refractivity contribution in [2.75, 3.05) is 47.5 Å². The minimum Gasteiger partial charge on any atom is -0.387 e. The molecule has 0 aromatic heterocycles. The van der Waals surface area contributed by atoms with Crippen LogP contribution in [0.3, 0.4) is 0 Å². The third-order valence-corrected chi connectivity index (χ3v) is 14.3. The zero-order valence-corrected chi connectivity index (χ0v) is 45.4. The lowest BCUT2D eigenvalue weighted by Gasteiger charge is -2.40. The summed E-state index contributed by atoms with van der Waals surface area (Å²) in [4.78, 5) is 23.4. The molecule has 68 heavy (non-hydrogen) atoms. The van der Waals surface area contributed by atoms with Crippen LogP contribution in [0, 0.1) is 5.92 Å². The van der Waals surface area contributed by atoms with Crippen LogP contribution in [0.1, 0.15) is 233 Å². The molecule has 404 valence electrons. The van der Waals surface area contributed by atoms with Gasteiger partial charge in [0.25, 0.3) is 0 Å². The van der Waals surface area contributed by atoms with Gasteiger partial charge in [-0.15, -0.1) is 0 Å². The van der Waals surface area contributed by atoms with Crippen LogP contribution in [0.25, 0.3) is 0 Å². The molecule has 1 fully saturated rings. The van der Waals surface area contributed by atoms with Crippen LogP contribution in [0.15, 0.2) is 12.2 Å². The highest BCUT2D eigenvalue weighted by atomic mass is 31.2. The Labute approximate surface area is 416 Å². The van der Waals surface area contributed by atoms with Crippen molar-refractivity contribution in [2.24, 2.45) is 5.92 Å². The summed E-state index contributed by atoms with van der Waals surface area (Å²) in [5.74, 6) is 0.563. The molecular weight excluding hydrogens is 884 g/mol. The largest absolute Gasteiger partial charge is 0.472 e. The van der Waals surface area contributed by atoms with Crippen molar-refractivity contribution in [1.29, 1.82) is 0 Å². The van der Waals surface area contributed by atoms with E-state index in [2.05, 4.69) is 26.1 Å².